The highest BCUT2D eigenvalue weighted by atomic mass is 16.4. The van der Waals surface area contributed by atoms with E-state index in [0.717, 1.165) is 18.5 Å². The molecule has 0 spiro atoms. The lowest BCUT2D eigenvalue weighted by molar-refractivity contribution is -0.143. The zero-order valence-electron chi connectivity index (χ0n) is 12.1. The van der Waals surface area contributed by atoms with Gasteiger partial charge in [0.2, 0.25) is 0 Å². The Morgan fingerprint density at radius 3 is 2.76 bits per heavy atom. The van der Waals surface area contributed by atoms with Crippen molar-refractivity contribution in [1.82, 2.24) is 15.6 Å². The van der Waals surface area contributed by atoms with Gasteiger partial charge in [0.1, 0.15) is 0 Å². The van der Waals surface area contributed by atoms with Gasteiger partial charge in [-0.1, -0.05) is 18.9 Å². The number of hydrogen-bond donors (Lipinski definition) is 3. The number of hydrogen-bond acceptors (Lipinski definition) is 3. The summed E-state index contributed by atoms with van der Waals surface area (Å²) in [6.45, 7) is 1.84. The van der Waals surface area contributed by atoms with Crippen LogP contribution >= 0.6 is 0 Å². The molecule has 6 nitrogen and oxygen atoms in total. The molecule has 0 radical (unpaired) electrons. The molecule has 0 bridgehead atoms. The number of carboxylic acid groups (broad SMARTS) is 1. The van der Waals surface area contributed by atoms with Crippen LogP contribution in [0.5, 0.6) is 0 Å². The molecule has 1 saturated carbocycles. The third-order valence-corrected chi connectivity index (χ3v) is 3.88. The first-order chi connectivity index (χ1) is 10.1. The summed E-state index contributed by atoms with van der Waals surface area (Å²) in [5.41, 5.74) is 0.770. The van der Waals surface area contributed by atoms with E-state index in [2.05, 4.69) is 15.6 Å². The van der Waals surface area contributed by atoms with Crippen molar-refractivity contribution < 1.29 is 14.7 Å². The second-order valence-electron chi connectivity index (χ2n) is 5.43. The van der Waals surface area contributed by atoms with Crippen LogP contribution in [0.3, 0.4) is 0 Å². The van der Waals surface area contributed by atoms with Crippen LogP contribution in [0.15, 0.2) is 24.4 Å². The smallest absolute Gasteiger partial charge is 0.315 e. The number of carbonyl (C=O) groups excluding carboxylic acids is 1. The fraction of sp³-hybridized carbons (Fsp3) is 0.533. The van der Waals surface area contributed by atoms with Gasteiger partial charge in [-0.3, -0.25) is 9.78 Å². The highest BCUT2D eigenvalue weighted by molar-refractivity contribution is 5.77. The van der Waals surface area contributed by atoms with Crippen LogP contribution in [-0.4, -0.2) is 28.1 Å². The largest absolute Gasteiger partial charge is 0.481 e. The monoisotopic (exact) mass is 291 g/mol. The predicted molar refractivity (Wildman–Crippen MR) is 77.7 cm³/mol. The van der Waals surface area contributed by atoms with Crippen molar-refractivity contribution in [3.8, 4) is 0 Å². The molecule has 1 heterocycles. The molecule has 0 saturated heterocycles. The molecule has 1 aromatic heterocycles. The number of carboxylic acids is 1. The average Bonchev–Trinajstić information content (AvgIpc) is 2.48. The van der Waals surface area contributed by atoms with Crippen molar-refractivity contribution in [2.75, 3.05) is 0 Å². The molecule has 1 aromatic rings. The van der Waals surface area contributed by atoms with Crippen molar-refractivity contribution in [3.63, 3.8) is 0 Å². The minimum absolute atomic E-state index is 0.224. The highest BCUT2D eigenvalue weighted by Gasteiger charge is 2.31. The molecule has 0 aliphatic heterocycles. The van der Waals surface area contributed by atoms with E-state index in [9.17, 15) is 14.7 Å². The molecule has 3 atom stereocenters. The van der Waals surface area contributed by atoms with E-state index < -0.39 is 11.9 Å². The van der Waals surface area contributed by atoms with Gasteiger partial charge in [-0.15, -0.1) is 0 Å². The summed E-state index contributed by atoms with van der Waals surface area (Å²) >= 11 is 0. The van der Waals surface area contributed by atoms with Gasteiger partial charge >= 0.3 is 12.0 Å². The van der Waals surface area contributed by atoms with E-state index in [1.54, 1.807) is 6.20 Å². The second-order valence-corrected chi connectivity index (χ2v) is 5.43. The van der Waals surface area contributed by atoms with E-state index in [0.29, 0.717) is 12.8 Å². The van der Waals surface area contributed by atoms with Crippen molar-refractivity contribution in [2.24, 2.45) is 5.92 Å². The Morgan fingerprint density at radius 2 is 2.10 bits per heavy atom. The molecule has 3 N–H and O–H groups in total. The molecular weight excluding hydrogens is 270 g/mol. The number of pyridine rings is 1. The number of aromatic nitrogens is 1. The Balaban J connectivity index is 1.90. The van der Waals surface area contributed by atoms with Gasteiger partial charge in [0.15, 0.2) is 0 Å². The molecule has 0 aromatic carbocycles. The van der Waals surface area contributed by atoms with Gasteiger partial charge in [-0.05, 0) is 31.9 Å². The Morgan fingerprint density at radius 1 is 1.33 bits per heavy atom. The topological polar surface area (TPSA) is 91.3 Å². The van der Waals surface area contributed by atoms with Crippen LogP contribution in [0.2, 0.25) is 0 Å². The summed E-state index contributed by atoms with van der Waals surface area (Å²) in [4.78, 5) is 27.4. The quantitative estimate of drug-likeness (QED) is 0.792. The first-order valence-corrected chi connectivity index (χ1v) is 7.28. The number of nitrogens with zero attached hydrogens (tertiary/aromatic N) is 1. The fourth-order valence-corrected chi connectivity index (χ4v) is 2.71. The van der Waals surface area contributed by atoms with Gasteiger partial charge in [-0.2, -0.15) is 0 Å². The lowest BCUT2D eigenvalue weighted by Gasteiger charge is -2.29. The number of amides is 2. The van der Waals surface area contributed by atoms with Crippen LogP contribution in [0.25, 0.3) is 0 Å². The molecule has 2 rings (SSSR count). The van der Waals surface area contributed by atoms with Crippen molar-refractivity contribution in [1.29, 1.82) is 0 Å². The Kier molecular flexibility index (Phi) is 5.14. The van der Waals surface area contributed by atoms with Crippen LogP contribution < -0.4 is 10.6 Å². The summed E-state index contributed by atoms with van der Waals surface area (Å²) in [6.07, 6.45) is 4.86. The standard InChI is InChI=1S/C15H21N3O3/c1-10(12-7-4-5-9-16-12)17-15(21)18-13-8-3-2-6-11(13)14(19)20/h4-5,7,9-11,13H,2-3,6,8H2,1H3,(H,19,20)(H2,17,18,21). The van der Waals surface area contributed by atoms with E-state index >= 15 is 0 Å². The maximum Gasteiger partial charge on any atom is 0.315 e. The number of rotatable bonds is 4. The summed E-state index contributed by atoms with van der Waals surface area (Å²) in [7, 11) is 0. The van der Waals surface area contributed by atoms with Crippen molar-refractivity contribution in [2.45, 2.75) is 44.7 Å². The Hall–Kier alpha value is -2.11. The molecule has 21 heavy (non-hydrogen) atoms. The van der Waals surface area contributed by atoms with E-state index in [4.69, 9.17) is 0 Å². The lowest BCUT2D eigenvalue weighted by atomic mass is 9.84. The van der Waals surface area contributed by atoms with Crippen LogP contribution in [0.1, 0.15) is 44.3 Å². The second kappa shape index (κ2) is 7.06. The molecular formula is C15H21N3O3. The lowest BCUT2D eigenvalue weighted by Crippen LogP contribution is -2.49. The number of carbonyl (C=O) groups is 2. The Bertz CT molecular complexity index is 492. The SMILES string of the molecule is CC(NC(=O)NC1CCCCC1C(=O)O)c1ccccn1. The first-order valence-electron chi connectivity index (χ1n) is 7.28. The van der Waals surface area contributed by atoms with Gasteiger partial charge in [0.05, 0.1) is 17.7 Å². The summed E-state index contributed by atoms with van der Waals surface area (Å²) in [5, 5.41) is 14.8. The van der Waals surface area contributed by atoms with Crippen LogP contribution in [-0.2, 0) is 4.79 Å². The zero-order valence-corrected chi connectivity index (χ0v) is 12.1. The van der Waals surface area contributed by atoms with Crippen molar-refractivity contribution in [3.05, 3.63) is 30.1 Å². The predicted octanol–water partition coefficient (Wildman–Crippen LogP) is 2.09. The van der Waals surface area contributed by atoms with Gasteiger partial charge < -0.3 is 15.7 Å². The molecule has 1 aliphatic rings. The van der Waals surface area contributed by atoms with E-state index in [1.165, 1.54) is 0 Å². The molecule has 2 amide bonds. The van der Waals surface area contributed by atoms with E-state index in [-0.39, 0.29) is 18.1 Å². The third kappa shape index (κ3) is 4.18. The normalized spacial score (nSPS) is 23.1. The van der Waals surface area contributed by atoms with Crippen LogP contribution in [0, 0.1) is 5.92 Å². The van der Waals surface area contributed by atoms with Gasteiger partial charge in [0, 0.05) is 12.2 Å². The highest BCUT2D eigenvalue weighted by Crippen LogP contribution is 2.24. The minimum Gasteiger partial charge on any atom is -0.481 e. The number of urea groups is 1. The Labute approximate surface area is 124 Å². The average molecular weight is 291 g/mol. The molecule has 3 unspecified atom stereocenters. The fourth-order valence-electron chi connectivity index (χ4n) is 2.71. The van der Waals surface area contributed by atoms with E-state index in [1.807, 2.05) is 25.1 Å². The molecule has 114 valence electrons. The maximum absolute atomic E-state index is 12.0. The summed E-state index contributed by atoms with van der Waals surface area (Å²) in [6, 6.07) is 4.65. The molecule has 1 aliphatic carbocycles. The number of aliphatic carboxylic acids is 1. The van der Waals surface area contributed by atoms with Gasteiger partial charge in [-0.25, -0.2) is 4.79 Å². The van der Waals surface area contributed by atoms with Crippen LogP contribution in [0.4, 0.5) is 4.79 Å². The maximum atomic E-state index is 12.0. The van der Waals surface area contributed by atoms with Crippen molar-refractivity contribution >= 4 is 12.0 Å². The third-order valence-electron chi connectivity index (χ3n) is 3.88. The molecule has 1 fully saturated rings. The summed E-state index contributed by atoms with van der Waals surface area (Å²) in [5.74, 6) is -1.33. The first kappa shape index (κ1) is 15.3. The summed E-state index contributed by atoms with van der Waals surface area (Å²) < 4.78 is 0. The molecule has 6 heteroatoms. The van der Waals surface area contributed by atoms with Gasteiger partial charge in [0.25, 0.3) is 0 Å². The minimum atomic E-state index is -0.835. The number of nitrogens with one attached hydrogen (secondary N) is 2. The zero-order chi connectivity index (χ0) is 15.2.